The zero-order chi connectivity index (χ0) is 32.7. The van der Waals surface area contributed by atoms with E-state index in [2.05, 4.69) is 132 Å². The van der Waals surface area contributed by atoms with Crippen molar-refractivity contribution >= 4 is 33.3 Å². The smallest absolute Gasteiger partial charge is 0.374 e. The van der Waals surface area contributed by atoms with E-state index < -0.39 is 10.4 Å². The molecule has 9 heteroatoms. The highest BCUT2D eigenvalue weighted by atomic mass is 32.3. The molecule has 0 radical (unpaired) electrons. The highest BCUT2D eigenvalue weighted by molar-refractivity contribution is 7.80. The summed E-state index contributed by atoms with van der Waals surface area (Å²) >= 11 is 0. The molecule has 8 nitrogen and oxygen atoms in total. The Balaban J connectivity index is 0.000000537. The fourth-order valence-electron chi connectivity index (χ4n) is 5.40. The highest BCUT2D eigenvalue weighted by Crippen LogP contribution is 2.42. The van der Waals surface area contributed by atoms with E-state index in [1.807, 2.05) is 12.1 Å². The summed E-state index contributed by atoms with van der Waals surface area (Å²) in [5.41, 5.74) is 9.00. The van der Waals surface area contributed by atoms with Crippen molar-refractivity contribution in [2.45, 2.75) is 40.7 Å². The number of nitrogens with zero attached hydrogens (tertiary/aromatic N) is 2. The molecule has 0 unspecified atom stereocenters. The molecule has 0 atom stereocenters. The Labute approximate surface area is 270 Å². The van der Waals surface area contributed by atoms with Crippen LogP contribution in [0.3, 0.4) is 0 Å². The number of hydrogen-bond acceptors (Lipinski definition) is 7. The molecule has 1 aliphatic heterocycles. The Morgan fingerprint density at radius 2 is 1.48 bits per heavy atom. The van der Waals surface area contributed by atoms with Crippen LogP contribution in [0, 0.1) is 0 Å². The molecule has 0 N–H and O–H groups in total. The summed E-state index contributed by atoms with van der Waals surface area (Å²) in [5, 5.41) is 0. The number of oxazole rings is 1. The molecule has 4 aromatic carbocycles. The molecule has 0 saturated heterocycles. The maximum atomic E-state index is 9.45. The third kappa shape index (κ3) is 7.56. The first-order chi connectivity index (χ1) is 22.2. The molecule has 2 heterocycles. The fraction of sp³-hybridized carbons (Fsp3) is 0.216. The third-order valence-corrected chi connectivity index (χ3v) is 8.12. The fourth-order valence-corrected chi connectivity index (χ4v) is 5.69. The average molecular weight is 639 g/mol. The quantitative estimate of drug-likeness (QED) is 0.0914. The van der Waals surface area contributed by atoms with Crippen molar-refractivity contribution in [3.05, 3.63) is 120 Å². The molecule has 0 fully saturated rings. The van der Waals surface area contributed by atoms with E-state index in [4.69, 9.17) is 9.15 Å². The van der Waals surface area contributed by atoms with E-state index in [-0.39, 0.29) is 6.61 Å². The van der Waals surface area contributed by atoms with E-state index in [1.54, 1.807) is 0 Å². The molecule has 0 amide bonds. The summed E-state index contributed by atoms with van der Waals surface area (Å²) in [5.74, 6) is 2.58. The maximum Gasteiger partial charge on any atom is 0.374 e. The Bertz CT molecular complexity index is 1970. The molecule has 6 rings (SSSR count). The predicted molar refractivity (Wildman–Crippen MR) is 181 cm³/mol. The number of anilines is 1. The van der Waals surface area contributed by atoms with Crippen LogP contribution >= 0.6 is 0 Å². The Hall–Kier alpha value is -4.70. The molecule has 0 saturated carbocycles. The zero-order valence-corrected chi connectivity index (χ0v) is 27.3. The van der Waals surface area contributed by atoms with Gasteiger partial charge in [-0.05, 0) is 73.2 Å². The molecular formula is C37H38N2O6S. The van der Waals surface area contributed by atoms with Gasteiger partial charge in [-0.15, -0.1) is 0 Å². The molecule has 1 aromatic heterocycles. The lowest BCUT2D eigenvalue weighted by atomic mass is 10.0. The van der Waals surface area contributed by atoms with Crippen LogP contribution in [0.2, 0.25) is 0 Å². The van der Waals surface area contributed by atoms with Gasteiger partial charge in [0.15, 0.2) is 5.75 Å². The van der Waals surface area contributed by atoms with Crippen molar-refractivity contribution in [2.75, 3.05) is 18.1 Å². The van der Waals surface area contributed by atoms with Gasteiger partial charge in [0.25, 0.3) is 5.52 Å². The summed E-state index contributed by atoms with van der Waals surface area (Å²) in [6, 6.07) is 33.8. The van der Waals surface area contributed by atoms with E-state index in [1.165, 1.54) is 29.2 Å². The third-order valence-electron chi connectivity index (χ3n) is 7.60. The molecule has 46 heavy (non-hydrogen) atoms. The van der Waals surface area contributed by atoms with Crippen LogP contribution in [0.15, 0.2) is 119 Å². The second kappa shape index (κ2) is 14.6. The average Bonchev–Trinajstić information content (AvgIpc) is 3.60. The van der Waals surface area contributed by atoms with E-state index in [9.17, 15) is 13.0 Å². The van der Waals surface area contributed by atoms with Gasteiger partial charge in [-0.2, -0.15) is 4.57 Å². The van der Waals surface area contributed by atoms with E-state index in [0.29, 0.717) is 0 Å². The van der Waals surface area contributed by atoms with Gasteiger partial charge in [0.1, 0.15) is 6.54 Å². The SMILES string of the molecule is CCC(/C=C1\Oc2ccc(-c3ccccc3)cc2N1CC)=C\c1oc2ccc(-c3ccccc3)cc2[n+]1CC.CCOS(=O)(=O)[O-]. The minimum absolute atomic E-state index is 0.0914. The van der Waals surface area contributed by atoms with E-state index >= 15 is 0 Å². The molecular weight excluding hydrogens is 600 g/mol. The zero-order valence-electron chi connectivity index (χ0n) is 26.5. The molecule has 238 valence electrons. The molecule has 0 aliphatic carbocycles. The van der Waals surface area contributed by atoms with Gasteiger partial charge in [0, 0.05) is 18.7 Å². The maximum absolute atomic E-state index is 9.45. The van der Waals surface area contributed by atoms with Crippen molar-refractivity contribution in [3.63, 3.8) is 0 Å². The van der Waals surface area contributed by atoms with Crippen LogP contribution in [0.25, 0.3) is 39.4 Å². The largest absolute Gasteiger partial charge is 0.726 e. The second-order valence-electron chi connectivity index (χ2n) is 10.5. The summed E-state index contributed by atoms with van der Waals surface area (Å²) in [6.45, 7) is 9.45. The summed E-state index contributed by atoms with van der Waals surface area (Å²) in [7, 11) is -4.42. The van der Waals surface area contributed by atoms with Gasteiger partial charge in [-0.25, -0.2) is 8.42 Å². The minimum atomic E-state index is -4.42. The van der Waals surface area contributed by atoms with Crippen molar-refractivity contribution in [3.8, 4) is 28.0 Å². The lowest BCUT2D eigenvalue weighted by Crippen LogP contribution is -2.33. The standard InChI is InChI=1S/C35H33N2O2.C2H6O4S/c1-4-25(21-34-36(5-2)30-23-28(17-19-32(30)38-34)26-13-9-7-10-14-26)22-35-37(6-3)31-24-29(18-20-33(31)39-35)27-15-11-8-12-16-27;1-2-6-7(3,4)5/h7-24H,4-6H2,1-3H3;2H2,1H3,(H,3,4,5)/q+1;/p-1. The topological polar surface area (TPSA) is 95.9 Å². The van der Waals surface area contributed by atoms with Crippen molar-refractivity contribution < 1.29 is 30.9 Å². The number of hydrogen-bond donors (Lipinski definition) is 0. The number of ether oxygens (including phenoxy) is 1. The van der Waals surface area contributed by atoms with E-state index in [0.717, 1.165) is 59.4 Å². The summed E-state index contributed by atoms with van der Waals surface area (Å²) in [6.07, 6.45) is 5.15. The van der Waals surface area contributed by atoms with Crippen molar-refractivity contribution in [1.82, 2.24) is 0 Å². The lowest BCUT2D eigenvalue weighted by molar-refractivity contribution is -0.674. The number of fused-ring (bicyclic) bond motifs is 2. The number of aromatic nitrogens is 1. The van der Waals surface area contributed by atoms with Crippen LogP contribution in [0.1, 0.15) is 40.0 Å². The minimum Gasteiger partial charge on any atom is -0.726 e. The van der Waals surface area contributed by atoms with Gasteiger partial charge < -0.3 is 18.6 Å². The molecule has 5 aromatic rings. The molecule has 1 aliphatic rings. The van der Waals surface area contributed by atoms with Gasteiger partial charge in [-0.3, -0.25) is 4.18 Å². The van der Waals surface area contributed by atoms with Crippen LogP contribution < -0.4 is 14.2 Å². The molecule has 0 spiro atoms. The van der Waals surface area contributed by atoms with Crippen LogP contribution in [0.4, 0.5) is 5.69 Å². The Kier molecular flexibility index (Phi) is 10.4. The van der Waals surface area contributed by atoms with Gasteiger partial charge in [-0.1, -0.05) is 79.7 Å². The van der Waals surface area contributed by atoms with Crippen LogP contribution in [0.5, 0.6) is 5.75 Å². The monoisotopic (exact) mass is 638 g/mol. The number of aryl methyl sites for hydroxylation is 1. The first kappa shape index (κ1) is 32.7. The Morgan fingerprint density at radius 3 is 2.02 bits per heavy atom. The number of rotatable bonds is 9. The van der Waals surface area contributed by atoms with Gasteiger partial charge in [0.05, 0.1) is 18.4 Å². The predicted octanol–water partition coefficient (Wildman–Crippen LogP) is 8.11. The molecule has 0 bridgehead atoms. The van der Waals surface area contributed by atoms with Crippen LogP contribution in [-0.2, 0) is 21.1 Å². The number of benzene rings is 4. The normalized spacial score (nSPS) is 13.8. The first-order valence-corrected chi connectivity index (χ1v) is 16.8. The lowest BCUT2D eigenvalue weighted by Gasteiger charge is -2.16. The summed E-state index contributed by atoms with van der Waals surface area (Å²) in [4.78, 5) is 2.24. The highest BCUT2D eigenvalue weighted by Gasteiger charge is 2.26. The van der Waals surface area contributed by atoms with Gasteiger partial charge in [0.2, 0.25) is 21.9 Å². The van der Waals surface area contributed by atoms with Crippen LogP contribution in [-0.4, -0.2) is 26.1 Å². The van der Waals surface area contributed by atoms with Gasteiger partial charge >= 0.3 is 5.89 Å². The second-order valence-corrected chi connectivity index (χ2v) is 11.6. The first-order valence-electron chi connectivity index (χ1n) is 15.4. The Morgan fingerprint density at radius 1 is 0.848 bits per heavy atom. The van der Waals surface area contributed by atoms with Crippen molar-refractivity contribution in [1.29, 1.82) is 0 Å². The van der Waals surface area contributed by atoms with Crippen molar-refractivity contribution in [2.24, 2.45) is 0 Å². The summed E-state index contributed by atoms with van der Waals surface area (Å²) < 4.78 is 47.0. The number of allylic oxidation sites excluding steroid dienone is 2.